The highest BCUT2D eigenvalue weighted by Crippen LogP contribution is 2.24. The smallest absolute Gasteiger partial charge is 0.246 e. The average molecular weight is 376 g/mol. The second-order valence-corrected chi connectivity index (χ2v) is 7.19. The van der Waals surface area contributed by atoms with E-state index in [9.17, 15) is 4.79 Å². The zero-order valence-corrected chi connectivity index (χ0v) is 16.0. The Labute approximate surface area is 164 Å². The summed E-state index contributed by atoms with van der Waals surface area (Å²) in [5.74, 6) is 1.04. The molecule has 6 nitrogen and oxygen atoms in total. The van der Waals surface area contributed by atoms with E-state index in [0.717, 1.165) is 31.5 Å². The molecule has 0 aliphatic carbocycles. The molecule has 1 fully saturated rings. The van der Waals surface area contributed by atoms with Gasteiger partial charge in [0, 0.05) is 30.3 Å². The molecule has 6 heteroatoms. The lowest BCUT2D eigenvalue weighted by molar-refractivity contribution is -0.125. The number of benzene rings is 2. The van der Waals surface area contributed by atoms with Crippen molar-refractivity contribution in [2.75, 3.05) is 18.0 Å². The molecule has 3 aromatic rings. The van der Waals surface area contributed by atoms with Crippen molar-refractivity contribution in [3.05, 3.63) is 66.1 Å². The molecule has 0 unspecified atom stereocenters. The van der Waals surface area contributed by atoms with Crippen molar-refractivity contribution in [1.29, 1.82) is 0 Å². The van der Waals surface area contributed by atoms with Gasteiger partial charge in [-0.2, -0.15) is 4.98 Å². The molecule has 1 aliphatic rings. The van der Waals surface area contributed by atoms with Gasteiger partial charge in [0.15, 0.2) is 0 Å². The van der Waals surface area contributed by atoms with Gasteiger partial charge in [-0.15, -0.1) is 0 Å². The van der Waals surface area contributed by atoms with Crippen molar-refractivity contribution < 1.29 is 9.32 Å². The lowest BCUT2D eigenvalue weighted by Crippen LogP contribution is -2.40. The third-order valence-corrected chi connectivity index (χ3v) is 5.18. The maximum absolute atomic E-state index is 12.5. The average Bonchev–Trinajstić information content (AvgIpc) is 3.22. The Morgan fingerprint density at radius 3 is 2.54 bits per heavy atom. The normalized spacial score (nSPS) is 14.8. The molecule has 0 radical (unpaired) electrons. The van der Waals surface area contributed by atoms with E-state index in [1.165, 1.54) is 11.3 Å². The number of aromatic nitrogens is 2. The van der Waals surface area contributed by atoms with Crippen molar-refractivity contribution in [2.24, 2.45) is 5.92 Å². The van der Waals surface area contributed by atoms with E-state index in [0.29, 0.717) is 11.7 Å². The third kappa shape index (κ3) is 4.22. The van der Waals surface area contributed by atoms with Crippen molar-refractivity contribution in [3.8, 4) is 11.4 Å². The van der Waals surface area contributed by atoms with Crippen LogP contribution in [0.3, 0.4) is 0 Å². The number of hydrogen-bond donors (Lipinski definition) is 1. The molecular weight excluding hydrogens is 352 g/mol. The standard InChI is InChI=1S/C22H24N4O2/c1-16-7-9-19(10-8-16)26-13-11-18(12-14-26)22(27)23-15-20-24-21(25-28-20)17-5-3-2-4-6-17/h2-10,18H,11-15H2,1H3,(H,23,27). The Kier molecular flexibility index (Phi) is 5.37. The first-order chi connectivity index (χ1) is 13.7. The molecule has 1 N–H and O–H groups in total. The first-order valence-electron chi connectivity index (χ1n) is 9.66. The van der Waals surface area contributed by atoms with Crippen LogP contribution in [0, 0.1) is 12.8 Å². The Morgan fingerprint density at radius 1 is 1.11 bits per heavy atom. The molecule has 0 spiro atoms. The fraction of sp³-hybridized carbons (Fsp3) is 0.318. The Balaban J connectivity index is 1.27. The van der Waals surface area contributed by atoms with Crippen LogP contribution in [0.25, 0.3) is 11.4 Å². The summed E-state index contributed by atoms with van der Waals surface area (Å²) in [5.41, 5.74) is 3.38. The molecule has 2 aromatic carbocycles. The lowest BCUT2D eigenvalue weighted by Gasteiger charge is -2.33. The van der Waals surface area contributed by atoms with E-state index in [4.69, 9.17) is 4.52 Å². The van der Waals surface area contributed by atoms with Crippen LogP contribution in [0.4, 0.5) is 5.69 Å². The van der Waals surface area contributed by atoms with Crippen LogP contribution in [-0.2, 0) is 11.3 Å². The highest BCUT2D eigenvalue weighted by molar-refractivity contribution is 5.78. The summed E-state index contributed by atoms with van der Waals surface area (Å²) in [6.45, 7) is 4.13. The molecule has 0 saturated carbocycles. The maximum Gasteiger partial charge on any atom is 0.246 e. The number of piperidine rings is 1. The van der Waals surface area contributed by atoms with E-state index in [2.05, 4.69) is 51.5 Å². The fourth-order valence-electron chi connectivity index (χ4n) is 3.49. The first kappa shape index (κ1) is 18.2. The quantitative estimate of drug-likeness (QED) is 0.737. The molecule has 0 atom stereocenters. The number of nitrogens with one attached hydrogen (secondary N) is 1. The largest absolute Gasteiger partial charge is 0.371 e. The van der Waals surface area contributed by atoms with Crippen LogP contribution in [-0.4, -0.2) is 29.1 Å². The molecule has 2 heterocycles. The van der Waals surface area contributed by atoms with Crippen molar-refractivity contribution in [1.82, 2.24) is 15.5 Å². The number of anilines is 1. The van der Waals surface area contributed by atoms with E-state index in [-0.39, 0.29) is 18.4 Å². The lowest BCUT2D eigenvalue weighted by atomic mass is 9.95. The summed E-state index contributed by atoms with van der Waals surface area (Å²) in [7, 11) is 0. The SMILES string of the molecule is Cc1ccc(N2CCC(C(=O)NCc3nc(-c4ccccc4)no3)CC2)cc1. The van der Waals surface area contributed by atoms with E-state index >= 15 is 0 Å². The van der Waals surface area contributed by atoms with Gasteiger partial charge in [0.05, 0.1) is 6.54 Å². The van der Waals surface area contributed by atoms with E-state index < -0.39 is 0 Å². The highest BCUT2D eigenvalue weighted by atomic mass is 16.5. The van der Waals surface area contributed by atoms with E-state index in [1.54, 1.807) is 0 Å². The van der Waals surface area contributed by atoms with Gasteiger partial charge in [0.2, 0.25) is 17.6 Å². The van der Waals surface area contributed by atoms with Crippen molar-refractivity contribution in [3.63, 3.8) is 0 Å². The monoisotopic (exact) mass is 376 g/mol. The van der Waals surface area contributed by atoms with Crippen LogP contribution < -0.4 is 10.2 Å². The highest BCUT2D eigenvalue weighted by Gasteiger charge is 2.25. The van der Waals surface area contributed by atoms with Gasteiger partial charge in [-0.05, 0) is 31.9 Å². The van der Waals surface area contributed by atoms with Crippen molar-refractivity contribution >= 4 is 11.6 Å². The topological polar surface area (TPSA) is 71.3 Å². The van der Waals surface area contributed by atoms with Gasteiger partial charge in [-0.1, -0.05) is 53.2 Å². The number of nitrogens with zero attached hydrogens (tertiary/aromatic N) is 3. The predicted molar refractivity (Wildman–Crippen MR) is 108 cm³/mol. The number of amides is 1. The molecule has 28 heavy (non-hydrogen) atoms. The molecule has 144 valence electrons. The number of carbonyl (C=O) groups excluding carboxylic acids is 1. The number of rotatable bonds is 5. The zero-order chi connectivity index (χ0) is 19.3. The summed E-state index contributed by atoms with van der Waals surface area (Å²) in [5, 5.41) is 6.92. The third-order valence-electron chi connectivity index (χ3n) is 5.18. The summed E-state index contributed by atoms with van der Waals surface area (Å²) in [6, 6.07) is 18.2. The van der Waals surface area contributed by atoms with Gasteiger partial charge < -0.3 is 14.7 Å². The second kappa shape index (κ2) is 8.25. The van der Waals surface area contributed by atoms with Gasteiger partial charge in [-0.3, -0.25) is 4.79 Å². The molecule has 4 rings (SSSR count). The minimum absolute atomic E-state index is 0.0261. The van der Waals surface area contributed by atoms with Gasteiger partial charge in [-0.25, -0.2) is 0 Å². The molecule has 1 amide bonds. The minimum Gasteiger partial charge on any atom is -0.371 e. The Bertz CT molecular complexity index is 913. The summed E-state index contributed by atoms with van der Waals surface area (Å²) in [4.78, 5) is 19.2. The molecule has 1 saturated heterocycles. The summed E-state index contributed by atoms with van der Waals surface area (Å²) < 4.78 is 5.26. The Morgan fingerprint density at radius 2 is 1.82 bits per heavy atom. The van der Waals surface area contributed by atoms with Crippen LogP contribution in [0.1, 0.15) is 24.3 Å². The molecular formula is C22H24N4O2. The number of carbonyl (C=O) groups is 1. The first-order valence-corrected chi connectivity index (χ1v) is 9.66. The van der Waals surface area contributed by atoms with Gasteiger partial charge in [0.25, 0.3) is 0 Å². The van der Waals surface area contributed by atoms with Crippen molar-refractivity contribution in [2.45, 2.75) is 26.3 Å². The number of aryl methyl sites for hydroxylation is 1. The molecule has 1 aromatic heterocycles. The molecule has 1 aliphatic heterocycles. The summed E-state index contributed by atoms with van der Waals surface area (Å²) >= 11 is 0. The van der Waals surface area contributed by atoms with Gasteiger partial charge in [0.1, 0.15) is 0 Å². The predicted octanol–water partition coefficient (Wildman–Crippen LogP) is 3.58. The fourth-order valence-corrected chi connectivity index (χ4v) is 3.49. The minimum atomic E-state index is 0.0261. The number of hydrogen-bond acceptors (Lipinski definition) is 5. The Hall–Kier alpha value is -3.15. The second-order valence-electron chi connectivity index (χ2n) is 7.19. The van der Waals surface area contributed by atoms with Crippen LogP contribution in [0.15, 0.2) is 59.1 Å². The maximum atomic E-state index is 12.5. The zero-order valence-electron chi connectivity index (χ0n) is 16.0. The van der Waals surface area contributed by atoms with Crippen LogP contribution >= 0.6 is 0 Å². The van der Waals surface area contributed by atoms with E-state index in [1.807, 2.05) is 30.3 Å². The van der Waals surface area contributed by atoms with Crippen LogP contribution in [0.5, 0.6) is 0 Å². The van der Waals surface area contributed by atoms with Crippen LogP contribution in [0.2, 0.25) is 0 Å². The summed E-state index contributed by atoms with van der Waals surface area (Å²) in [6.07, 6.45) is 1.69. The van der Waals surface area contributed by atoms with Gasteiger partial charge >= 0.3 is 0 Å². The molecule has 0 bridgehead atoms.